The van der Waals surface area contributed by atoms with Gasteiger partial charge >= 0.3 is 6.18 Å². The normalized spacial score (nSPS) is 13.1. The highest BCUT2D eigenvalue weighted by Crippen LogP contribution is 2.18. The summed E-state index contributed by atoms with van der Waals surface area (Å²) < 4.78 is 45.8. The first-order chi connectivity index (χ1) is 8.90. The maximum atomic E-state index is 11.9. The minimum absolute atomic E-state index is 0.0992. The Bertz CT molecular complexity index is 385. The zero-order chi connectivity index (χ0) is 14.3. The molecule has 0 aliphatic heterocycles. The molecule has 0 radical (unpaired) electrons. The first-order valence-electron chi connectivity index (χ1n) is 5.63. The SMILES string of the molecule is COc1cccc(OCC(O)CNCC(F)(F)F)c1. The molecule has 1 aromatic rings. The lowest BCUT2D eigenvalue weighted by Crippen LogP contribution is -2.37. The molecule has 0 fully saturated rings. The van der Waals surface area contributed by atoms with E-state index in [0.717, 1.165) is 0 Å². The zero-order valence-electron chi connectivity index (χ0n) is 10.4. The fraction of sp³-hybridized carbons (Fsp3) is 0.500. The zero-order valence-corrected chi connectivity index (χ0v) is 10.4. The summed E-state index contributed by atoms with van der Waals surface area (Å²) in [6, 6.07) is 6.73. The van der Waals surface area contributed by atoms with E-state index in [0.29, 0.717) is 11.5 Å². The molecule has 7 heteroatoms. The van der Waals surface area contributed by atoms with Crippen molar-refractivity contribution in [3.05, 3.63) is 24.3 Å². The molecule has 19 heavy (non-hydrogen) atoms. The van der Waals surface area contributed by atoms with Gasteiger partial charge in [-0.25, -0.2) is 0 Å². The Morgan fingerprint density at radius 3 is 2.63 bits per heavy atom. The number of benzene rings is 1. The predicted octanol–water partition coefficient (Wildman–Crippen LogP) is 1.59. The largest absolute Gasteiger partial charge is 0.497 e. The van der Waals surface area contributed by atoms with Crippen LogP contribution >= 0.6 is 0 Å². The molecule has 0 aromatic heterocycles. The van der Waals surface area contributed by atoms with Gasteiger partial charge in [-0.1, -0.05) is 6.07 Å². The van der Waals surface area contributed by atoms with E-state index in [2.05, 4.69) is 5.32 Å². The molecule has 0 bridgehead atoms. The maximum absolute atomic E-state index is 11.9. The third-order valence-corrected chi connectivity index (χ3v) is 2.19. The third-order valence-electron chi connectivity index (χ3n) is 2.19. The van der Waals surface area contributed by atoms with Gasteiger partial charge in [-0.3, -0.25) is 0 Å². The number of halogens is 3. The van der Waals surface area contributed by atoms with Crippen molar-refractivity contribution in [2.24, 2.45) is 0 Å². The molecular weight excluding hydrogens is 263 g/mol. The molecule has 0 heterocycles. The van der Waals surface area contributed by atoms with E-state index >= 15 is 0 Å². The van der Waals surface area contributed by atoms with Crippen LogP contribution in [-0.2, 0) is 0 Å². The Hall–Kier alpha value is -1.47. The van der Waals surface area contributed by atoms with E-state index < -0.39 is 18.8 Å². The quantitative estimate of drug-likeness (QED) is 0.796. The number of aliphatic hydroxyl groups is 1. The lowest BCUT2D eigenvalue weighted by atomic mass is 10.3. The van der Waals surface area contributed by atoms with Gasteiger partial charge in [0.25, 0.3) is 0 Å². The molecule has 0 aliphatic carbocycles. The van der Waals surface area contributed by atoms with E-state index in [1.165, 1.54) is 7.11 Å². The van der Waals surface area contributed by atoms with Crippen molar-refractivity contribution in [3.63, 3.8) is 0 Å². The van der Waals surface area contributed by atoms with Crippen molar-refractivity contribution in [3.8, 4) is 11.5 Å². The predicted molar refractivity (Wildman–Crippen MR) is 63.4 cm³/mol. The number of alkyl halides is 3. The fourth-order valence-electron chi connectivity index (χ4n) is 1.32. The molecule has 1 aromatic carbocycles. The molecule has 1 rings (SSSR count). The van der Waals surface area contributed by atoms with Crippen LogP contribution in [-0.4, -0.2) is 44.2 Å². The van der Waals surface area contributed by atoms with Crippen molar-refractivity contribution in [2.75, 3.05) is 26.8 Å². The van der Waals surface area contributed by atoms with Crippen LogP contribution in [0.4, 0.5) is 13.2 Å². The minimum atomic E-state index is -4.28. The monoisotopic (exact) mass is 279 g/mol. The summed E-state index contributed by atoms with van der Waals surface area (Å²) in [5.41, 5.74) is 0. The lowest BCUT2D eigenvalue weighted by molar-refractivity contribution is -0.125. The van der Waals surface area contributed by atoms with Crippen molar-refractivity contribution >= 4 is 0 Å². The van der Waals surface area contributed by atoms with Crippen LogP contribution in [0.1, 0.15) is 0 Å². The van der Waals surface area contributed by atoms with Crippen molar-refractivity contribution in [1.82, 2.24) is 5.32 Å². The topological polar surface area (TPSA) is 50.7 Å². The first-order valence-corrected chi connectivity index (χ1v) is 5.63. The molecule has 0 saturated heterocycles. The molecule has 1 atom stereocenters. The van der Waals surface area contributed by atoms with Crippen LogP contribution in [0.25, 0.3) is 0 Å². The van der Waals surface area contributed by atoms with E-state index in [1.54, 1.807) is 24.3 Å². The van der Waals surface area contributed by atoms with Crippen LogP contribution < -0.4 is 14.8 Å². The highest BCUT2D eigenvalue weighted by molar-refractivity contribution is 5.32. The van der Waals surface area contributed by atoms with Gasteiger partial charge < -0.3 is 19.9 Å². The third kappa shape index (κ3) is 6.88. The fourth-order valence-corrected chi connectivity index (χ4v) is 1.32. The summed E-state index contributed by atoms with van der Waals surface area (Å²) in [4.78, 5) is 0. The van der Waals surface area contributed by atoms with Crippen molar-refractivity contribution in [2.45, 2.75) is 12.3 Å². The Balaban J connectivity index is 2.27. The number of methoxy groups -OCH3 is 1. The Morgan fingerprint density at radius 2 is 2.00 bits per heavy atom. The Kier molecular flexibility index (Phi) is 5.91. The number of aliphatic hydroxyl groups excluding tert-OH is 1. The lowest BCUT2D eigenvalue weighted by Gasteiger charge is -2.14. The number of rotatable bonds is 7. The highest BCUT2D eigenvalue weighted by Gasteiger charge is 2.26. The van der Waals surface area contributed by atoms with Crippen LogP contribution in [0.3, 0.4) is 0 Å². The first kappa shape index (κ1) is 15.6. The smallest absolute Gasteiger partial charge is 0.401 e. The van der Waals surface area contributed by atoms with Crippen LogP contribution in [0.2, 0.25) is 0 Å². The molecule has 0 saturated carbocycles. The molecule has 0 spiro atoms. The van der Waals surface area contributed by atoms with E-state index in [-0.39, 0.29) is 13.2 Å². The summed E-state index contributed by atoms with van der Waals surface area (Å²) in [5, 5.41) is 11.6. The minimum Gasteiger partial charge on any atom is -0.497 e. The summed E-state index contributed by atoms with van der Waals surface area (Å²) >= 11 is 0. The van der Waals surface area contributed by atoms with Crippen molar-refractivity contribution < 1.29 is 27.8 Å². The summed E-state index contributed by atoms with van der Waals surface area (Å²) in [7, 11) is 1.51. The van der Waals surface area contributed by atoms with E-state index in [1.807, 2.05) is 0 Å². The number of nitrogens with one attached hydrogen (secondary N) is 1. The average molecular weight is 279 g/mol. The van der Waals surface area contributed by atoms with E-state index in [4.69, 9.17) is 9.47 Å². The summed E-state index contributed by atoms with van der Waals surface area (Å²) in [6.45, 7) is -1.43. The number of ether oxygens (including phenoxy) is 2. The second kappa shape index (κ2) is 7.20. The van der Waals surface area contributed by atoms with Crippen molar-refractivity contribution in [1.29, 1.82) is 0 Å². The van der Waals surface area contributed by atoms with Gasteiger partial charge in [0.2, 0.25) is 0 Å². The Labute approximate surface area is 109 Å². The molecule has 108 valence electrons. The Morgan fingerprint density at radius 1 is 1.32 bits per heavy atom. The molecule has 2 N–H and O–H groups in total. The molecular formula is C12H16F3NO3. The molecule has 1 unspecified atom stereocenters. The molecule has 4 nitrogen and oxygen atoms in total. The van der Waals surface area contributed by atoms with Crippen LogP contribution in [0, 0.1) is 0 Å². The van der Waals surface area contributed by atoms with Gasteiger partial charge in [0.15, 0.2) is 0 Å². The van der Waals surface area contributed by atoms with Gasteiger partial charge in [0.05, 0.1) is 13.7 Å². The van der Waals surface area contributed by atoms with Crippen LogP contribution in [0.15, 0.2) is 24.3 Å². The second-order valence-electron chi connectivity index (χ2n) is 3.89. The van der Waals surface area contributed by atoms with Gasteiger partial charge in [-0.2, -0.15) is 13.2 Å². The summed E-state index contributed by atoms with van der Waals surface area (Å²) in [5.74, 6) is 1.08. The molecule has 0 amide bonds. The van der Waals surface area contributed by atoms with Gasteiger partial charge in [0, 0.05) is 12.6 Å². The summed E-state index contributed by atoms with van der Waals surface area (Å²) in [6.07, 6.45) is -5.30. The standard InChI is InChI=1S/C12H16F3NO3/c1-18-10-3-2-4-11(5-10)19-7-9(17)6-16-8-12(13,14)15/h2-5,9,16-17H,6-8H2,1H3. The average Bonchev–Trinajstić information content (AvgIpc) is 2.35. The van der Waals surface area contributed by atoms with Gasteiger partial charge in [-0.05, 0) is 12.1 Å². The highest BCUT2D eigenvalue weighted by atomic mass is 19.4. The second-order valence-corrected chi connectivity index (χ2v) is 3.89. The maximum Gasteiger partial charge on any atom is 0.401 e. The van der Waals surface area contributed by atoms with Gasteiger partial charge in [-0.15, -0.1) is 0 Å². The molecule has 0 aliphatic rings. The van der Waals surface area contributed by atoms with Crippen LogP contribution in [0.5, 0.6) is 11.5 Å². The van der Waals surface area contributed by atoms with Gasteiger partial charge in [0.1, 0.15) is 24.2 Å². The number of hydrogen-bond acceptors (Lipinski definition) is 4. The van der Waals surface area contributed by atoms with E-state index in [9.17, 15) is 18.3 Å². The number of hydrogen-bond donors (Lipinski definition) is 2.